The van der Waals surface area contributed by atoms with Crippen LogP contribution in [0.5, 0.6) is 5.75 Å². The molecule has 0 aliphatic carbocycles. The van der Waals surface area contributed by atoms with E-state index in [-0.39, 0.29) is 17.0 Å². The van der Waals surface area contributed by atoms with Crippen molar-refractivity contribution in [1.29, 1.82) is 0 Å². The third kappa shape index (κ3) is 4.32. The zero-order chi connectivity index (χ0) is 20.4. The molecule has 2 aliphatic heterocycles. The highest BCUT2D eigenvalue weighted by molar-refractivity contribution is 7.89. The van der Waals surface area contributed by atoms with Crippen molar-refractivity contribution in [2.75, 3.05) is 19.6 Å². The fourth-order valence-corrected chi connectivity index (χ4v) is 6.17. The first-order valence-corrected chi connectivity index (χ1v) is 11.8. The van der Waals surface area contributed by atoms with Crippen LogP contribution in [0.25, 0.3) is 0 Å². The van der Waals surface area contributed by atoms with Gasteiger partial charge in [0.15, 0.2) is 0 Å². The number of aromatic nitrogens is 1. The van der Waals surface area contributed by atoms with Crippen LogP contribution in [0.3, 0.4) is 0 Å². The zero-order valence-corrected chi connectivity index (χ0v) is 17.9. The second-order valence-corrected chi connectivity index (χ2v) is 10.2. The topological polar surface area (TPSA) is 62.7 Å². The van der Waals surface area contributed by atoms with Crippen molar-refractivity contribution >= 4 is 10.0 Å². The fraction of sp³-hybridized carbons (Fsp3) is 0.500. The van der Waals surface area contributed by atoms with Gasteiger partial charge in [0.2, 0.25) is 10.0 Å². The minimum absolute atomic E-state index is 0.165. The second kappa shape index (κ2) is 8.42. The number of fused-ring (bicyclic) bond motifs is 2. The number of nitrogens with zero attached hydrogens (tertiary/aromatic N) is 3. The number of hydrogen-bond acceptors (Lipinski definition) is 5. The Hall–Kier alpha value is -1.96. The van der Waals surface area contributed by atoms with Gasteiger partial charge in [-0.3, -0.25) is 4.98 Å². The maximum atomic E-state index is 13.7. The first kappa shape index (κ1) is 20.3. The smallest absolute Gasteiger partial charge is 0.247 e. The molecule has 4 rings (SSSR count). The highest BCUT2D eigenvalue weighted by Gasteiger charge is 2.43. The van der Waals surface area contributed by atoms with E-state index in [2.05, 4.69) is 23.7 Å². The van der Waals surface area contributed by atoms with Crippen LogP contribution < -0.4 is 4.74 Å². The number of ether oxygens (including phenoxy) is 1. The molecule has 0 bridgehead atoms. The predicted octanol–water partition coefficient (Wildman–Crippen LogP) is 3.15. The third-order valence-corrected chi connectivity index (χ3v) is 7.58. The van der Waals surface area contributed by atoms with Crippen LogP contribution in [-0.4, -0.2) is 54.4 Å². The Labute approximate surface area is 173 Å². The van der Waals surface area contributed by atoms with Crippen molar-refractivity contribution in [1.82, 2.24) is 14.2 Å². The van der Waals surface area contributed by atoms with Crippen LogP contribution in [0.4, 0.5) is 0 Å². The van der Waals surface area contributed by atoms with E-state index in [1.807, 2.05) is 18.2 Å². The molecule has 2 atom stereocenters. The van der Waals surface area contributed by atoms with Crippen LogP contribution in [-0.2, 0) is 16.6 Å². The molecule has 0 unspecified atom stereocenters. The van der Waals surface area contributed by atoms with Crippen molar-refractivity contribution in [2.45, 2.75) is 50.3 Å². The molecule has 29 heavy (non-hydrogen) atoms. The number of benzene rings is 1. The maximum absolute atomic E-state index is 13.7. The minimum atomic E-state index is -3.68. The van der Waals surface area contributed by atoms with E-state index >= 15 is 0 Å². The van der Waals surface area contributed by atoms with Crippen LogP contribution >= 0.6 is 0 Å². The van der Waals surface area contributed by atoms with Gasteiger partial charge < -0.3 is 9.64 Å². The summed E-state index contributed by atoms with van der Waals surface area (Å²) in [5, 5.41) is 0. The summed E-state index contributed by atoms with van der Waals surface area (Å²) in [7, 11) is -3.68. The number of sulfonamides is 1. The van der Waals surface area contributed by atoms with Crippen molar-refractivity contribution in [3.05, 3.63) is 54.4 Å². The normalized spacial score (nSPS) is 24.8. The van der Waals surface area contributed by atoms with Gasteiger partial charge in [0.1, 0.15) is 16.7 Å². The highest BCUT2D eigenvalue weighted by atomic mass is 32.2. The molecule has 0 N–H and O–H groups in total. The van der Waals surface area contributed by atoms with Crippen LogP contribution in [0.15, 0.2) is 53.7 Å². The Kier molecular flexibility index (Phi) is 5.90. The summed E-state index contributed by atoms with van der Waals surface area (Å²) in [5.41, 5.74) is 0.887. The zero-order valence-electron chi connectivity index (χ0n) is 17.1. The molecule has 0 radical (unpaired) electrons. The van der Waals surface area contributed by atoms with Crippen molar-refractivity contribution < 1.29 is 13.2 Å². The summed E-state index contributed by atoms with van der Waals surface area (Å²) < 4.78 is 35.3. The molecular formula is C22H29N3O3S. The van der Waals surface area contributed by atoms with Crippen molar-refractivity contribution in [3.63, 3.8) is 0 Å². The molecule has 6 nitrogen and oxygen atoms in total. The van der Waals surface area contributed by atoms with Gasteiger partial charge in [-0.15, -0.1) is 0 Å². The van der Waals surface area contributed by atoms with Gasteiger partial charge in [-0.25, -0.2) is 8.42 Å². The average Bonchev–Trinajstić information content (AvgIpc) is 2.93. The molecular weight excluding hydrogens is 386 g/mol. The summed E-state index contributed by atoms with van der Waals surface area (Å²) in [6.07, 6.45) is 4.85. The molecule has 0 amide bonds. The standard InChI is InChI=1S/C22H29N3O3S/c1-17(2)15-24-12-9-19-20(10-13-24)28-21-7-3-4-8-22(21)29(26,27)25(19)16-18-6-5-11-23-14-18/h3-8,11,14,17,19-20H,9-10,12-13,15-16H2,1-2H3/t19-,20-/m1/s1. The lowest BCUT2D eigenvalue weighted by molar-refractivity contribution is 0.110. The quantitative estimate of drug-likeness (QED) is 0.768. The van der Waals surface area contributed by atoms with Gasteiger partial charge in [0.25, 0.3) is 0 Å². The number of rotatable bonds is 4. The molecule has 0 saturated carbocycles. The average molecular weight is 416 g/mol. The van der Waals surface area contributed by atoms with Gasteiger partial charge in [-0.1, -0.05) is 32.0 Å². The molecule has 1 saturated heterocycles. The molecule has 2 aromatic rings. The monoisotopic (exact) mass is 415 g/mol. The van der Waals surface area contributed by atoms with Gasteiger partial charge >= 0.3 is 0 Å². The Morgan fingerprint density at radius 1 is 1.14 bits per heavy atom. The van der Waals surface area contributed by atoms with Gasteiger partial charge in [-0.2, -0.15) is 4.31 Å². The number of pyridine rings is 1. The first-order valence-electron chi connectivity index (χ1n) is 10.3. The van der Waals surface area contributed by atoms with E-state index in [0.717, 1.165) is 38.0 Å². The lowest BCUT2D eigenvalue weighted by atomic mass is 10.1. The molecule has 1 aromatic heterocycles. The minimum Gasteiger partial charge on any atom is -0.487 e. The highest BCUT2D eigenvalue weighted by Crippen LogP contribution is 2.37. The van der Waals surface area contributed by atoms with E-state index in [0.29, 0.717) is 18.2 Å². The van der Waals surface area contributed by atoms with E-state index in [1.165, 1.54) is 0 Å². The van der Waals surface area contributed by atoms with Crippen LogP contribution in [0.2, 0.25) is 0 Å². The lowest BCUT2D eigenvalue weighted by Gasteiger charge is -2.31. The summed E-state index contributed by atoms with van der Waals surface area (Å²) in [5.74, 6) is 1.04. The SMILES string of the molecule is CC(C)CN1CC[C@@H]2[C@@H](CC1)Oc1ccccc1S(=O)(=O)N2Cc1cccnc1. The molecule has 156 valence electrons. The Balaban J connectivity index is 1.72. The molecule has 7 heteroatoms. The van der Waals surface area contributed by atoms with E-state index < -0.39 is 10.0 Å². The lowest BCUT2D eigenvalue weighted by Crippen LogP contribution is -2.46. The van der Waals surface area contributed by atoms with Crippen LogP contribution in [0, 0.1) is 5.92 Å². The number of hydrogen-bond donors (Lipinski definition) is 0. The predicted molar refractivity (Wildman–Crippen MR) is 112 cm³/mol. The van der Waals surface area contributed by atoms with E-state index in [9.17, 15) is 8.42 Å². The molecule has 1 fully saturated rings. The molecule has 0 spiro atoms. The third-order valence-electron chi connectivity index (χ3n) is 5.67. The summed E-state index contributed by atoms with van der Waals surface area (Å²) in [6, 6.07) is 10.6. The number of likely N-dealkylation sites (tertiary alicyclic amines) is 1. The Morgan fingerprint density at radius 2 is 1.93 bits per heavy atom. The largest absolute Gasteiger partial charge is 0.487 e. The Bertz CT molecular complexity index is 933. The van der Waals surface area contributed by atoms with Gasteiger partial charge in [-0.05, 0) is 49.1 Å². The molecule has 1 aromatic carbocycles. The summed E-state index contributed by atoms with van der Waals surface area (Å²) in [6.45, 7) is 7.55. The molecule has 3 heterocycles. The maximum Gasteiger partial charge on any atom is 0.247 e. The Morgan fingerprint density at radius 3 is 2.69 bits per heavy atom. The van der Waals surface area contributed by atoms with Gasteiger partial charge in [0.05, 0.1) is 6.04 Å². The first-order chi connectivity index (χ1) is 13.9. The van der Waals surface area contributed by atoms with Crippen molar-refractivity contribution in [3.8, 4) is 5.75 Å². The van der Waals surface area contributed by atoms with E-state index in [4.69, 9.17) is 4.74 Å². The summed E-state index contributed by atoms with van der Waals surface area (Å²) in [4.78, 5) is 6.87. The van der Waals surface area contributed by atoms with E-state index in [1.54, 1.807) is 34.9 Å². The second-order valence-electron chi connectivity index (χ2n) is 8.35. The fourth-order valence-electron chi connectivity index (χ4n) is 4.38. The van der Waals surface area contributed by atoms with Gasteiger partial charge in [0, 0.05) is 32.0 Å². The molecule has 2 aliphatic rings. The summed E-state index contributed by atoms with van der Waals surface area (Å²) >= 11 is 0. The van der Waals surface area contributed by atoms with Crippen LogP contribution in [0.1, 0.15) is 32.3 Å². The van der Waals surface area contributed by atoms with Crippen molar-refractivity contribution in [2.24, 2.45) is 5.92 Å². The number of para-hydroxylation sites is 1.